The number of nitrogens with zero attached hydrogens (tertiary/aromatic N) is 2. The first kappa shape index (κ1) is 20.0. The molecule has 148 valence electrons. The fourth-order valence-electron chi connectivity index (χ4n) is 3.00. The predicted molar refractivity (Wildman–Crippen MR) is 104 cm³/mol. The van der Waals surface area contributed by atoms with E-state index < -0.39 is 33.3 Å². The lowest BCUT2D eigenvalue weighted by Gasteiger charge is -2.34. The fourth-order valence-corrected chi connectivity index (χ4v) is 5.81. The van der Waals surface area contributed by atoms with E-state index in [2.05, 4.69) is 4.98 Å². The highest BCUT2D eigenvalue weighted by Gasteiger charge is 2.47. The second-order valence-electron chi connectivity index (χ2n) is 7.99. The van der Waals surface area contributed by atoms with Crippen LogP contribution in [0.3, 0.4) is 0 Å². The maximum Gasteiger partial charge on any atom is 0.412 e. The summed E-state index contributed by atoms with van der Waals surface area (Å²) in [6.45, 7) is 8.87. The number of carbonyl (C=O) groups excluding carboxylic acids is 1. The van der Waals surface area contributed by atoms with Gasteiger partial charge in [0.2, 0.25) is 14.2 Å². The number of hydrogen-bond acceptors (Lipinski definition) is 7. The van der Waals surface area contributed by atoms with E-state index in [-0.39, 0.29) is 16.7 Å². The third kappa shape index (κ3) is 4.25. The second-order valence-corrected chi connectivity index (χ2v) is 11.2. The first-order chi connectivity index (χ1) is 12.4. The minimum absolute atomic E-state index is 0.0533. The highest BCUT2D eigenvalue weighted by molar-refractivity contribution is 7.93. The number of aromatic nitrogens is 1. The maximum atomic E-state index is 12.9. The molecule has 3 rings (SSSR count). The molecule has 0 bridgehead atoms. The molecule has 1 atom stereocenters. The monoisotopic (exact) mass is 412 g/mol. The quantitative estimate of drug-likeness (QED) is 0.768. The van der Waals surface area contributed by atoms with Crippen LogP contribution in [0.4, 0.5) is 4.79 Å². The van der Waals surface area contributed by atoms with Gasteiger partial charge in [-0.1, -0.05) is 12.1 Å². The summed E-state index contributed by atoms with van der Waals surface area (Å²) in [4.78, 5) is 18.3. The molecule has 0 spiro atoms. The number of para-hydroxylation sites is 1. The molecule has 0 N–H and O–H groups in total. The molecule has 9 heteroatoms. The molecule has 27 heavy (non-hydrogen) atoms. The summed E-state index contributed by atoms with van der Waals surface area (Å²) in [7, 11) is -3.69. The van der Waals surface area contributed by atoms with Gasteiger partial charge >= 0.3 is 6.09 Å². The van der Waals surface area contributed by atoms with Crippen molar-refractivity contribution in [2.45, 2.75) is 56.3 Å². The van der Waals surface area contributed by atoms with E-state index in [1.165, 1.54) is 4.90 Å². The molecule has 2 heterocycles. The largest absolute Gasteiger partial charge is 0.444 e. The Labute approximate surface area is 163 Å². The molecule has 1 aromatic heterocycles. The molecular formula is C18H24N2O5S2. The number of ether oxygens (including phenoxy) is 2. The third-order valence-electron chi connectivity index (χ3n) is 4.12. The van der Waals surface area contributed by atoms with Gasteiger partial charge in [-0.25, -0.2) is 18.2 Å². The molecule has 1 aromatic carbocycles. The predicted octanol–water partition coefficient (Wildman–Crippen LogP) is 3.44. The molecule has 7 nitrogen and oxygen atoms in total. The van der Waals surface area contributed by atoms with Gasteiger partial charge in [-0.3, -0.25) is 4.90 Å². The van der Waals surface area contributed by atoms with E-state index in [9.17, 15) is 13.2 Å². The Morgan fingerprint density at radius 3 is 2.67 bits per heavy atom. The van der Waals surface area contributed by atoms with E-state index in [4.69, 9.17) is 9.47 Å². The van der Waals surface area contributed by atoms with Crippen LogP contribution in [0.1, 0.15) is 34.6 Å². The smallest absolute Gasteiger partial charge is 0.412 e. The number of fused-ring (bicyclic) bond motifs is 1. The molecule has 0 radical (unpaired) electrons. The summed E-state index contributed by atoms with van der Waals surface area (Å²) in [5.74, 6) is -0.268. The molecule has 0 saturated carbocycles. The van der Waals surface area contributed by atoms with Crippen molar-refractivity contribution >= 4 is 37.5 Å². The molecule has 1 amide bonds. The zero-order chi connectivity index (χ0) is 20.0. The summed E-state index contributed by atoms with van der Waals surface area (Å²) in [6, 6.07) is 6.62. The van der Waals surface area contributed by atoms with Crippen molar-refractivity contribution in [1.29, 1.82) is 0 Å². The Kier molecular flexibility index (Phi) is 4.98. The fraction of sp³-hybridized carbons (Fsp3) is 0.556. The Morgan fingerprint density at radius 1 is 1.37 bits per heavy atom. The van der Waals surface area contributed by atoms with Gasteiger partial charge in [-0.15, -0.1) is 11.3 Å². The first-order valence-electron chi connectivity index (χ1n) is 8.64. The van der Waals surface area contributed by atoms with Crippen molar-refractivity contribution in [3.05, 3.63) is 24.3 Å². The van der Waals surface area contributed by atoms with Crippen molar-refractivity contribution in [1.82, 2.24) is 9.88 Å². The number of rotatable bonds is 3. The van der Waals surface area contributed by atoms with Crippen LogP contribution in [0.25, 0.3) is 10.2 Å². The van der Waals surface area contributed by atoms with Gasteiger partial charge in [-0.05, 0) is 46.8 Å². The molecular weight excluding hydrogens is 388 g/mol. The number of benzene rings is 1. The molecule has 1 fully saturated rings. The number of hydrogen-bond donors (Lipinski definition) is 0. The van der Waals surface area contributed by atoms with E-state index in [1.54, 1.807) is 40.7 Å². The van der Waals surface area contributed by atoms with Crippen molar-refractivity contribution < 1.29 is 22.7 Å². The van der Waals surface area contributed by atoms with Gasteiger partial charge in [0.25, 0.3) is 0 Å². The minimum atomic E-state index is -3.69. The van der Waals surface area contributed by atoms with Gasteiger partial charge in [0.15, 0.2) is 0 Å². The number of thiazole rings is 1. The maximum absolute atomic E-state index is 12.9. The highest BCUT2D eigenvalue weighted by atomic mass is 32.2. The Hall–Kier alpha value is -1.71. The number of amides is 1. The molecule has 1 unspecified atom stereocenters. The van der Waals surface area contributed by atoms with E-state index >= 15 is 0 Å². The Balaban J connectivity index is 1.86. The lowest BCUT2D eigenvalue weighted by atomic mass is 10.2. The minimum Gasteiger partial charge on any atom is -0.444 e. The van der Waals surface area contributed by atoms with Crippen LogP contribution in [-0.2, 0) is 19.3 Å². The van der Waals surface area contributed by atoms with Crippen molar-refractivity contribution in [2.75, 3.05) is 12.4 Å². The van der Waals surface area contributed by atoms with Crippen LogP contribution < -0.4 is 0 Å². The highest BCUT2D eigenvalue weighted by Crippen LogP contribution is 2.32. The molecule has 2 aromatic rings. The first-order valence-corrected chi connectivity index (χ1v) is 11.1. The summed E-state index contributed by atoms with van der Waals surface area (Å²) in [6.07, 6.45) is -0.588. The van der Waals surface area contributed by atoms with Gasteiger partial charge in [0.05, 0.1) is 28.6 Å². The lowest BCUT2D eigenvalue weighted by molar-refractivity contribution is -0.0617. The number of sulfone groups is 1. The standard InChI is InChI=1S/C18H24N2O5S2/c1-17(2,3)25-16(21)20-12(10-24-18(20,4)5)11-27(22,23)15-19-13-8-6-7-9-14(13)26-15/h6-9,12H,10-11H2,1-5H3. The summed E-state index contributed by atoms with van der Waals surface area (Å²) in [5, 5.41) is 0. The normalized spacial score (nSPS) is 20.2. The summed E-state index contributed by atoms with van der Waals surface area (Å²) >= 11 is 1.13. The molecule has 1 aliphatic heterocycles. The van der Waals surface area contributed by atoms with Crippen LogP contribution in [0.15, 0.2) is 28.6 Å². The van der Waals surface area contributed by atoms with Gasteiger partial charge in [-0.2, -0.15) is 0 Å². The molecule has 1 saturated heterocycles. The van der Waals surface area contributed by atoms with Crippen molar-refractivity contribution in [3.8, 4) is 0 Å². The zero-order valence-electron chi connectivity index (χ0n) is 16.1. The molecule has 0 aliphatic carbocycles. The van der Waals surface area contributed by atoms with Gasteiger partial charge in [0.1, 0.15) is 11.3 Å². The zero-order valence-corrected chi connectivity index (χ0v) is 17.7. The molecule has 1 aliphatic rings. The average molecular weight is 413 g/mol. The van der Waals surface area contributed by atoms with Gasteiger partial charge < -0.3 is 9.47 Å². The summed E-state index contributed by atoms with van der Waals surface area (Å²) in [5.41, 5.74) is -0.990. The van der Waals surface area contributed by atoms with Gasteiger partial charge in [0, 0.05) is 0 Å². The van der Waals surface area contributed by atoms with Crippen molar-refractivity contribution in [3.63, 3.8) is 0 Å². The van der Waals surface area contributed by atoms with E-state index in [1.807, 2.05) is 18.2 Å². The third-order valence-corrected chi connectivity index (χ3v) is 7.41. The van der Waals surface area contributed by atoms with Crippen LogP contribution in [0.2, 0.25) is 0 Å². The van der Waals surface area contributed by atoms with E-state index in [0.717, 1.165) is 16.0 Å². The van der Waals surface area contributed by atoms with Crippen LogP contribution in [-0.4, -0.2) is 54.1 Å². The number of carbonyl (C=O) groups is 1. The Morgan fingerprint density at radius 2 is 2.04 bits per heavy atom. The second kappa shape index (κ2) is 6.72. The lowest BCUT2D eigenvalue weighted by Crippen LogP contribution is -2.51. The van der Waals surface area contributed by atoms with Crippen molar-refractivity contribution in [2.24, 2.45) is 0 Å². The Bertz CT molecular complexity index is 927. The summed E-state index contributed by atoms with van der Waals surface area (Å²) < 4.78 is 37.9. The van der Waals surface area contributed by atoms with Crippen LogP contribution in [0.5, 0.6) is 0 Å². The SMILES string of the molecule is CC(C)(C)OC(=O)N1C(CS(=O)(=O)c2nc3ccccc3s2)COC1(C)C. The van der Waals surface area contributed by atoms with Crippen LogP contribution in [0, 0.1) is 0 Å². The average Bonchev–Trinajstić information content (AvgIpc) is 3.06. The topological polar surface area (TPSA) is 85.8 Å². The van der Waals surface area contributed by atoms with Crippen LogP contribution >= 0.6 is 11.3 Å². The van der Waals surface area contributed by atoms with E-state index in [0.29, 0.717) is 5.52 Å².